The molecule has 1 aliphatic rings. The quantitative estimate of drug-likeness (QED) is 0.797. The van der Waals surface area contributed by atoms with Crippen LogP contribution < -0.4 is 5.14 Å². The average Bonchev–Trinajstić information content (AvgIpc) is 3.22. The summed E-state index contributed by atoms with van der Waals surface area (Å²) >= 11 is 0. The number of allylic oxidation sites excluding steroid dienone is 1. The Labute approximate surface area is 140 Å². The third kappa shape index (κ3) is 2.58. The largest absolute Gasteiger partial charge is 0.317 e. The normalized spacial score (nSPS) is 13.2. The molecule has 4 rings (SSSR count). The lowest BCUT2D eigenvalue weighted by molar-refractivity contribution is 0.598. The van der Waals surface area contributed by atoms with Crippen molar-refractivity contribution in [2.45, 2.75) is 11.3 Å². The molecule has 3 aromatic rings. The average molecular weight is 336 g/mol. The fourth-order valence-corrected chi connectivity index (χ4v) is 3.56. The van der Waals surface area contributed by atoms with Gasteiger partial charge < -0.3 is 4.57 Å². The number of aromatic nitrogens is 1. The van der Waals surface area contributed by atoms with Gasteiger partial charge in [-0.3, -0.25) is 0 Å². The molecule has 0 aliphatic heterocycles. The summed E-state index contributed by atoms with van der Waals surface area (Å²) in [5, 5.41) is 5.16. The van der Waals surface area contributed by atoms with Crippen molar-refractivity contribution in [2.24, 2.45) is 5.14 Å². The predicted octanol–water partition coefficient (Wildman–Crippen LogP) is 3.36. The van der Waals surface area contributed by atoms with E-state index < -0.39 is 10.0 Å². The molecule has 0 saturated carbocycles. The molecule has 5 heteroatoms. The second kappa shape index (κ2) is 5.47. The highest BCUT2D eigenvalue weighted by Crippen LogP contribution is 2.28. The van der Waals surface area contributed by atoms with Crippen molar-refractivity contribution in [3.8, 4) is 16.9 Å². The van der Waals surface area contributed by atoms with Gasteiger partial charge in [0.2, 0.25) is 10.0 Å². The third-order valence-electron chi connectivity index (χ3n) is 4.27. The Morgan fingerprint density at radius 2 is 1.79 bits per heavy atom. The maximum absolute atomic E-state index is 11.4. The Morgan fingerprint density at radius 3 is 2.54 bits per heavy atom. The van der Waals surface area contributed by atoms with E-state index in [0.717, 1.165) is 23.4 Å². The summed E-state index contributed by atoms with van der Waals surface area (Å²) in [5.41, 5.74) is 5.60. The summed E-state index contributed by atoms with van der Waals surface area (Å²) < 4.78 is 24.9. The monoisotopic (exact) mass is 336 g/mol. The lowest BCUT2D eigenvalue weighted by atomic mass is 10.1. The topological polar surface area (TPSA) is 65.1 Å². The maximum atomic E-state index is 11.4. The van der Waals surface area contributed by atoms with Crippen LogP contribution in [0.2, 0.25) is 0 Å². The van der Waals surface area contributed by atoms with Gasteiger partial charge >= 0.3 is 0 Å². The number of primary sulfonamides is 1. The molecule has 0 spiro atoms. The van der Waals surface area contributed by atoms with Crippen LogP contribution >= 0.6 is 0 Å². The van der Waals surface area contributed by atoms with Crippen molar-refractivity contribution >= 4 is 16.1 Å². The van der Waals surface area contributed by atoms with Crippen molar-refractivity contribution in [3.05, 3.63) is 78.0 Å². The molecule has 1 heterocycles. The van der Waals surface area contributed by atoms with Crippen molar-refractivity contribution in [2.75, 3.05) is 0 Å². The molecule has 1 aromatic heterocycles. The van der Waals surface area contributed by atoms with Crippen molar-refractivity contribution < 1.29 is 8.42 Å². The predicted molar refractivity (Wildman–Crippen MR) is 95.3 cm³/mol. The van der Waals surface area contributed by atoms with Crippen LogP contribution in [-0.4, -0.2) is 13.0 Å². The van der Waals surface area contributed by atoms with Gasteiger partial charge in [0.25, 0.3) is 0 Å². The lowest BCUT2D eigenvalue weighted by Gasteiger charge is -2.11. The van der Waals surface area contributed by atoms with Gasteiger partial charge in [0.05, 0.1) is 10.6 Å². The lowest BCUT2D eigenvalue weighted by Crippen LogP contribution is -2.11. The Balaban J connectivity index is 1.76. The van der Waals surface area contributed by atoms with Crippen molar-refractivity contribution in [1.29, 1.82) is 0 Å². The molecule has 2 aromatic carbocycles. The minimum absolute atomic E-state index is 0.118. The number of nitrogens with two attached hydrogens (primary N) is 1. The molecule has 0 bridgehead atoms. The van der Waals surface area contributed by atoms with Crippen LogP contribution in [0.3, 0.4) is 0 Å². The standard InChI is InChI=1S/C19H16N2O2S/c20-24(22,23)18-10-7-15(8-11-18)19-5-2-12-21(19)17-9-6-14-3-1-4-16(14)13-17/h1-2,4-13H,3H2,(H2,20,22,23). The Kier molecular flexibility index (Phi) is 3.40. The highest BCUT2D eigenvalue weighted by molar-refractivity contribution is 7.89. The minimum Gasteiger partial charge on any atom is -0.317 e. The second-order valence-corrected chi connectivity index (χ2v) is 7.38. The molecule has 120 valence electrons. The number of sulfonamides is 1. The van der Waals surface area contributed by atoms with Crippen LogP contribution in [0.1, 0.15) is 11.1 Å². The van der Waals surface area contributed by atoms with E-state index in [2.05, 4.69) is 34.9 Å². The van der Waals surface area contributed by atoms with E-state index in [-0.39, 0.29) is 4.90 Å². The third-order valence-corrected chi connectivity index (χ3v) is 5.20. The summed E-state index contributed by atoms with van der Waals surface area (Å²) in [5.74, 6) is 0. The first-order valence-electron chi connectivity index (χ1n) is 7.63. The smallest absolute Gasteiger partial charge is 0.238 e. The first-order chi connectivity index (χ1) is 11.5. The molecule has 0 unspecified atom stereocenters. The summed E-state index contributed by atoms with van der Waals surface area (Å²) in [6, 6.07) is 17.0. The van der Waals surface area contributed by atoms with Gasteiger partial charge in [0.1, 0.15) is 0 Å². The Bertz CT molecular complexity index is 1050. The fourth-order valence-electron chi connectivity index (χ4n) is 3.04. The van der Waals surface area contributed by atoms with Crippen LogP contribution in [0.15, 0.2) is 71.8 Å². The molecule has 0 amide bonds. The number of hydrogen-bond acceptors (Lipinski definition) is 2. The van der Waals surface area contributed by atoms with E-state index in [9.17, 15) is 8.42 Å². The molecular weight excluding hydrogens is 320 g/mol. The SMILES string of the molecule is NS(=O)(=O)c1ccc(-c2cccn2-c2ccc3c(c2)C=CC3)cc1. The Hall–Kier alpha value is -2.63. The molecular formula is C19H16N2O2S. The van der Waals surface area contributed by atoms with Gasteiger partial charge in [0, 0.05) is 11.9 Å². The summed E-state index contributed by atoms with van der Waals surface area (Å²) in [6.07, 6.45) is 7.30. The summed E-state index contributed by atoms with van der Waals surface area (Å²) in [7, 11) is -3.67. The maximum Gasteiger partial charge on any atom is 0.238 e. The van der Waals surface area contributed by atoms with Crippen LogP contribution in [-0.2, 0) is 16.4 Å². The summed E-state index contributed by atoms with van der Waals surface area (Å²) in [6.45, 7) is 0. The van der Waals surface area contributed by atoms with E-state index >= 15 is 0 Å². The zero-order chi connectivity index (χ0) is 16.7. The van der Waals surface area contributed by atoms with E-state index in [4.69, 9.17) is 5.14 Å². The highest BCUT2D eigenvalue weighted by Gasteiger charge is 2.11. The number of benzene rings is 2. The first-order valence-corrected chi connectivity index (χ1v) is 9.17. The number of nitrogens with zero attached hydrogens (tertiary/aromatic N) is 1. The van der Waals surface area contributed by atoms with Gasteiger partial charge in [0.15, 0.2) is 0 Å². The van der Waals surface area contributed by atoms with Gasteiger partial charge in [-0.2, -0.15) is 0 Å². The van der Waals surface area contributed by atoms with Crippen LogP contribution in [0.5, 0.6) is 0 Å². The highest BCUT2D eigenvalue weighted by atomic mass is 32.2. The van der Waals surface area contributed by atoms with Crippen molar-refractivity contribution in [3.63, 3.8) is 0 Å². The van der Waals surface area contributed by atoms with Gasteiger partial charge in [-0.1, -0.05) is 30.4 Å². The summed E-state index contributed by atoms with van der Waals surface area (Å²) in [4.78, 5) is 0.118. The van der Waals surface area contributed by atoms with Crippen LogP contribution in [0.25, 0.3) is 23.0 Å². The number of rotatable bonds is 3. The van der Waals surface area contributed by atoms with Crippen LogP contribution in [0, 0.1) is 0 Å². The van der Waals surface area contributed by atoms with Gasteiger partial charge in [-0.05, 0) is 59.5 Å². The zero-order valence-corrected chi connectivity index (χ0v) is 13.7. The van der Waals surface area contributed by atoms with E-state index in [0.29, 0.717) is 0 Å². The molecule has 0 radical (unpaired) electrons. The molecule has 0 fully saturated rings. The second-order valence-electron chi connectivity index (χ2n) is 5.82. The first kappa shape index (κ1) is 14.9. The molecule has 1 aliphatic carbocycles. The molecule has 0 atom stereocenters. The fraction of sp³-hybridized carbons (Fsp3) is 0.0526. The van der Waals surface area contributed by atoms with Crippen molar-refractivity contribution in [1.82, 2.24) is 4.57 Å². The van der Waals surface area contributed by atoms with E-state index in [1.165, 1.54) is 23.3 Å². The van der Waals surface area contributed by atoms with E-state index in [1.54, 1.807) is 12.1 Å². The van der Waals surface area contributed by atoms with Gasteiger partial charge in [-0.15, -0.1) is 0 Å². The molecule has 4 nitrogen and oxygen atoms in total. The van der Waals surface area contributed by atoms with Gasteiger partial charge in [-0.25, -0.2) is 13.6 Å². The zero-order valence-electron chi connectivity index (χ0n) is 12.9. The number of hydrogen-bond donors (Lipinski definition) is 1. The molecule has 2 N–H and O–H groups in total. The van der Waals surface area contributed by atoms with E-state index in [1.807, 2.05) is 18.3 Å². The Morgan fingerprint density at radius 1 is 1.00 bits per heavy atom. The van der Waals surface area contributed by atoms with Crippen LogP contribution in [0.4, 0.5) is 0 Å². The molecule has 0 saturated heterocycles. The number of fused-ring (bicyclic) bond motifs is 1. The molecule has 24 heavy (non-hydrogen) atoms. The minimum atomic E-state index is -3.67.